The number of fused-ring (bicyclic) bond motifs is 2. The minimum Gasteiger partial charge on any atom is -0.318 e. The van der Waals surface area contributed by atoms with Gasteiger partial charge >= 0.3 is 0 Å². The topological polar surface area (TPSA) is 27.7 Å². The zero-order valence-electron chi connectivity index (χ0n) is 3.79. The second-order valence-corrected chi connectivity index (χ2v) is 1.76. The lowest BCUT2D eigenvalue weighted by Crippen LogP contribution is -2.05. The summed E-state index contributed by atoms with van der Waals surface area (Å²) in [5.41, 5.74) is 0. The monoisotopic (exact) mass is 102 g/mol. The summed E-state index contributed by atoms with van der Waals surface area (Å²) < 4.78 is 5.03. The molecule has 0 amide bonds. The van der Waals surface area contributed by atoms with Crippen molar-refractivity contribution < 1.29 is 14.5 Å². The summed E-state index contributed by atoms with van der Waals surface area (Å²) in [6, 6.07) is 0. The van der Waals surface area contributed by atoms with E-state index >= 15 is 0 Å². The van der Waals surface area contributed by atoms with E-state index in [1.807, 2.05) is 0 Å². The Balaban J connectivity index is 2.12. The van der Waals surface area contributed by atoms with E-state index < -0.39 is 0 Å². The van der Waals surface area contributed by atoms with Crippen LogP contribution in [0.25, 0.3) is 0 Å². The molecule has 0 saturated carbocycles. The maximum absolute atomic E-state index is 5.03. The van der Waals surface area contributed by atoms with E-state index in [4.69, 9.17) is 4.74 Å². The average Bonchev–Trinajstić information content (AvgIpc) is 2.22. The highest BCUT2D eigenvalue weighted by Crippen LogP contribution is 2.28. The Morgan fingerprint density at radius 1 is 1.00 bits per heavy atom. The van der Waals surface area contributed by atoms with Gasteiger partial charge in [0, 0.05) is 12.8 Å². The highest BCUT2D eigenvalue weighted by atomic mass is 17.3. The van der Waals surface area contributed by atoms with Crippen LogP contribution in [0.3, 0.4) is 0 Å². The quantitative estimate of drug-likeness (QED) is 0.414. The van der Waals surface area contributed by atoms with Gasteiger partial charge in [0.15, 0.2) is 12.6 Å². The summed E-state index contributed by atoms with van der Waals surface area (Å²) in [4.78, 5) is 9.26. The van der Waals surface area contributed by atoms with Gasteiger partial charge in [0.2, 0.25) is 0 Å². The molecule has 2 saturated heterocycles. The molecule has 0 spiro atoms. The molecule has 2 aliphatic rings. The average molecular weight is 102 g/mol. The van der Waals surface area contributed by atoms with E-state index in [0.717, 1.165) is 12.8 Å². The first-order chi connectivity index (χ1) is 3.45. The first kappa shape index (κ1) is 3.83. The van der Waals surface area contributed by atoms with Gasteiger partial charge in [-0.05, 0) is 0 Å². The highest BCUT2D eigenvalue weighted by Gasteiger charge is 2.35. The third-order valence-electron chi connectivity index (χ3n) is 1.21. The van der Waals surface area contributed by atoms with E-state index in [9.17, 15) is 0 Å². The molecule has 0 aromatic heterocycles. The molecule has 2 unspecified atom stereocenters. The SMILES string of the molecule is C1CC2OOC1O2. The molecule has 3 nitrogen and oxygen atoms in total. The normalized spacial score (nSPS) is 48.0. The molecule has 0 aromatic rings. The van der Waals surface area contributed by atoms with Gasteiger partial charge < -0.3 is 4.74 Å². The summed E-state index contributed by atoms with van der Waals surface area (Å²) in [7, 11) is 0. The fourth-order valence-electron chi connectivity index (χ4n) is 0.843. The lowest BCUT2D eigenvalue weighted by atomic mass is 10.3. The number of hydrogen-bond donors (Lipinski definition) is 0. The summed E-state index contributed by atoms with van der Waals surface area (Å²) in [5, 5.41) is 0. The van der Waals surface area contributed by atoms with Crippen molar-refractivity contribution in [1.82, 2.24) is 0 Å². The third-order valence-corrected chi connectivity index (χ3v) is 1.21. The Kier molecular flexibility index (Phi) is 0.647. The van der Waals surface area contributed by atoms with Crippen LogP contribution in [-0.4, -0.2) is 12.6 Å². The highest BCUT2D eigenvalue weighted by molar-refractivity contribution is 4.61. The molecule has 0 aromatic carbocycles. The van der Waals surface area contributed by atoms with Crippen LogP contribution in [0.2, 0.25) is 0 Å². The standard InChI is InChI=1S/C4H6O3/c1-2-4-5-3(1)6-7-4/h3-4H,1-2H2. The number of hydrogen-bond acceptors (Lipinski definition) is 3. The number of ether oxygens (including phenoxy) is 1. The lowest BCUT2D eigenvalue weighted by Gasteiger charge is -2.01. The molecule has 0 aliphatic carbocycles. The maximum atomic E-state index is 5.03. The van der Waals surface area contributed by atoms with Crippen LogP contribution in [0.4, 0.5) is 0 Å². The van der Waals surface area contributed by atoms with Crippen LogP contribution >= 0.6 is 0 Å². The van der Waals surface area contributed by atoms with Crippen LogP contribution in [0, 0.1) is 0 Å². The van der Waals surface area contributed by atoms with Crippen molar-refractivity contribution >= 4 is 0 Å². The Bertz CT molecular complexity index is 65.0. The van der Waals surface area contributed by atoms with Crippen molar-refractivity contribution in [3.05, 3.63) is 0 Å². The van der Waals surface area contributed by atoms with Crippen molar-refractivity contribution in [3.8, 4) is 0 Å². The summed E-state index contributed by atoms with van der Waals surface area (Å²) in [6.07, 6.45) is 1.88. The maximum Gasteiger partial charge on any atom is 0.194 e. The van der Waals surface area contributed by atoms with Crippen molar-refractivity contribution in [2.75, 3.05) is 0 Å². The van der Waals surface area contributed by atoms with E-state index in [1.54, 1.807) is 0 Å². The molecule has 2 heterocycles. The van der Waals surface area contributed by atoms with Gasteiger partial charge in [-0.15, -0.1) is 0 Å². The Labute approximate surface area is 41.1 Å². The van der Waals surface area contributed by atoms with E-state index in [-0.39, 0.29) is 12.6 Å². The largest absolute Gasteiger partial charge is 0.318 e. The molecule has 2 bridgehead atoms. The summed E-state index contributed by atoms with van der Waals surface area (Å²) >= 11 is 0. The fourth-order valence-corrected chi connectivity index (χ4v) is 0.843. The smallest absolute Gasteiger partial charge is 0.194 e. The van der Waals surface area contributed by atoms with Gasteiger partial charge in [0.05, 0.1) is 0 Å². The molecular weight excluding hydrogens is 96.0 g/mol. The van der Waals surface area contributed by atoms with Crippen molar-refractivity contribution in [3.63, 3.8) is 0 Å². The second kappa shape index (κ2) is 1.18. The predicted octanol–water partition coefficient (Wildman–Crippen LogP) is 0.411. The Hall–Kier alpha value is -0.120. The van der Waals surface area contributed by atoms with E-state index in [2.05, 4.69) is 9.78 Å². The van der Waals surface area contributed by atoms with Crippen molar-refractivity contribution in [2.45, 2.75) is 25.4 Å². The number of rotatable bonds is 0. The zero-order valence-corrected chi connectivity index (χ0v) is 3.79. The zero-order chi connectivity index (χ0) is 4.69. The molecule has 40 valence electrons. The minimum atomic E-state index is -0.0509. The lowest BCUT2D eigenvalue weighted by molar-refractivity contribution is -0.315. The van der Waals surface area contributed by atoms with Gasteiger partial charge in [0.25, 0.3) is 0 Å². The molecule has 3 heteroatoms. The second-order valence-electron chi connectivity index (χ2n) is 1.76. The molecule has 2 fully saturated rings. The molecule has 7 heavy (non-hydrogen) atoms. The third kappa shape index (κ3) is 0.459. The molecule has 2 rings (SSSR count). The van der Waals surface area contributed by atoms with Crippen LogP contribution in [0.5, 0.6) is 0 Å². The van der Waals surface area contributed by atoms with Gasteiger partial charge in [-0.3, -0.25) is 0 Å². The molecule has 2 atom stereocenters. The fraction of sp³-hybridized carbons (Fsp3) is 1.00. The Morgan fingerprint density at radius 2 is 1.57 bits per heavy atom. The van der Waals surface area contributed by atoms with Crippen LogP contribution in [0.1, 0.15) is 12.8 Å². The first-order valence-corrected chi connectivity index (χ1v) is 2.43. The van der Waals surface area contributed by atoms with Gasteiger partial charge in [0.1, 0.15) is 0 Å². The molecular formula is C4H6O3. The van der Waals surface area contributed by atoms with Crippen LogP contribution in [0.15, 0.2) is 0 Å². The van der Waals surface area contributed by atoms with Crippen molar-refractivity contribution in [2.24, 2.45) is 0 Å². The van der Waals surface area contributed by atoms with Crippen LogP contribution in [-0.2, 0) is 14.5 Å². The van der Waals surface area contributed by atoms with Gasteiger partial charge in [-0.2, -0.15) is 0 Å². The first-order valence-electron chi connectivity index (χ1n) is 2.43. The van der Waals surface area contributed by atoms with Crippen molar-refractivity contribution in [1.29, 1.82) is 0 Å². The summed E-state index contributed by atoms with van der Waals surface area (Å²) in [5.74, 6) is 0. The minimum absolute atomic E-state index is 0.0509. The van der Waals surface area contributed by atoms with Gasteiger partial charge in [-0.25, -0.2) is 9.78 Å². The van der Waals surface area contributed by atoms with Gasteiger partial charge in [-0.1, -0.05) is 0 Å². The predicted molar refractivity (Wildman–Crippen MR) is 20.1 cm³/mol. The summed E-state index contributed by atoms with van der Waals surface area (Å²) in [6.45, 7) is 0. The Morgan fingerprint density at radius 3 is 1.71 bits per heavy atom. The molecule has 0 N–H and O–H groups in total. The molecule has 0 radical (unpaired) electrons. The molecule has 2 aliphatic heterocycles. The van der Waals surface area contributed by atoms with Crippen LogP contribution < -0.4 is 0 Å². The van der Waals surface area contributed by atoms with E-state index in [0.29, 0.717) is 0 Å². The van der Waals surface area contributed by atoms with E-state index in [1.165, 1.54) is 0 Å².